The number of nitrogens with zero attached hydrogens (tertiary/aromatic N) is 7. The quantitative estimate of drug-likeness (QED) is 0.381. The highest BCUT2D eigenvalue weighted by molar-refractivity contribution is 5.76. The molecule has 1 aromatic heterocycles. The summed E-state index contributed by atoms with van der Waals surface area (Å²) in [5, 5.41) is 21.9. The molecular weight excluding hydrogens is 575 g/mol. The zero-order valence-corrected chi connectivity index (χ0v) is 24.9. The van der Waals surface area contributed by atoms with E-state index >= 15 is 0 Å². The minimum Gasteiger partial charge on any atom is -0.486 e. The zero-order valence-electron chi connectivity index (χ0n) is 24.9. The average Bonchev–Trinajstić information content (AvgIpc) is 3.05. The highest BCUT2D eigenvalue weighted by Crippen LogP contribution is 2.29. The van der Waals surface area contributed by atoms with E-state index in [4.69, 9.17) is 14.7 Å². The van der Waals surface area contributed by atoms with Crippen LogP contribution in [0.2, 0.25) is 0 Å². The molecule has 3 aliphatic heterocycles. The van der Waals surface area contributed by atoms with Crippen LogP contribution in [0.25, 0.3) is 11.4 Å². The van der Waals surface area contributed by atoms with Gasteiger partial charge in [-0.3, -0.25) is 9.69 Å². The molecule has 12 heteroatoms. The van der Waals surface area contributed by atoms with Crippen molar-refractivity contribution < 1.29 is 18.7 Å². The molecule has 11 nitrogen and oxygen atoms in total. The van der Waals surface area contributed by atoms with Crippen LogP contribution in [0.4, 0.5) is 21.6 Å². The van der Waals surface area contributed by atoms with E-state index in [9.17, 15) is 14.4 Å². The summed E-state index contributed by atoms with van der Waals surface area (Å²) in [6.07, 6.45) is -0.0678. The molecule has 3 saturated heterocycles. The summed E-state index contributed by atoms with van der Waals surface area (Å²) < 4.78 is 26.2. The summed E-state index contributed by atoms with van der Waals surface area (Å²) in [5.41, 5.74) is 2.95. The lowest BCUT2D eigenvalue weighted by Crippen LogP contribution is -2.56. The number of hydrogen-bond donors (Lipinski definition) is 1. The van der Waals surface area contributed by atoms with Gasteiger partial charge in [-0.25, -0.2) is 14.4 Å². The van der Waals surface area contributed by atoms with Gasteiger partial charge in [-0.05, 0) is 48.5 Å². The number of carbonyl (C=O) groups is 1. The first kappa shape index (κ1) is 30.3. The van der Waals surface area contributed by atoms with Crippen LogP contribution in [-0.2, 0) is 9.53 Å². The van der Waals surface area contributed by atoms with Crippen LogP contribution in [0.15, 0.2) is 54.7 Å². The van der Waals surface area contributed by atoms with Gasteiger partial charge in [0.05, 0.1) is 37.4 Å². The number of nitriles is 2. The minimum absolute atomic E-state index is 0.0783. The molecule has 0 radical (unpaired) electrons. The van der Waals surface area contributed by atoms with Gasteiger partial charge in [-0.15, -0.1) is 0 Å². The molecule has 232 valence electrons. The third kappa shape index (κ3) is 7.14. The highest BCUT2D eigenvalue weighted by atomic mass is 19.1. The second-order valence-corrected chi connectivity index (χ2v) is 11.4. The number of anilines is 3. The van der Waals surface area contributed by atoms with Gasteiger partial charge in [-0.2, -0.15) is 10.5 Å². The predicted octanol–water partition coefficient (Wildman–Crippen LogP) is 3.90. The highest BCUT2D eigenvalue weighted by Gasteiger charge is 2.33. The van der Waals surface area contributed by atoms with Gasteiger partial charge in [-0.1, -0.05) is 0 Å². The van der Waals surface area contributed by atoms with Crippen molar-refractivity contribution in [2.45, 2.75) is 37.6 Å². The molecule has 45 heavy (non-hydrogen) atoms. The van der Waals surface area contributed by atoms with E-state index in [2.05, 4.69) is 43.3 Å². The molecule has 3 aliphatic rings. The van der Waals surface area contributed by atoms with Crippen LogP contribution in [0.3, 0.4) is 0 Å². The molecule has 0 spiro atoms. The van der Waals surface area contributed by atoms with E-state index in [1.165, 1.54) is 10.6 Å². The van der Waals surface area contributed by atoms with Crippen molar-refractivity contribution in [3.05, 3.63) is 60.3 Å². The Balaban J connectivity index is 1.06. The van der Waals surface area contributed by atoms with Gasteiger partial charge in [0, 0.05) is 75.1 Å². The van der Waals surface area contributed by atoms with Gasteiger partial charge >= 0.3 is 0 Å². The number of ether oxygens (including phenoxy) is 2. The zero-order chi connectivity index (χ0) is 31.2. The second kappa shape index (κ2) is 13.9. The first-order valence-corrected chi connectivity index (χ1v) is 15.3. The Morgan fingerprint density at radius 1 is 1.07 bits per heavy atom. The number of alkyl halides is 1. The molecule has 6 rings (SSSR count). The van der Waals surface area contributed by atoms with E-state index < -0.39 is 12.3 Å². The number of rotatable bonds is 9. The number of piperazine rings is 1. The standard InChI is InChI=1S/C33H35FN8O3/c34-28-20-42(32(43)2-1-11-35)13-10-30(28)45-29-8-3-23(18-24(29)19-36)33-37-12-9-31(39-33)38-25-4-6-26(7-5-25)40-14-16-41(17-15-40)27-21-44-22-27/h3-9,12,18,27-28,30H,1-2,10,13-17,20-22H2,(H,37,38,39)/t28-,30+/m1/s1. The van der Waals surface area contributed by atoms with Crippen LogP contribution in [0.5, 0.6) is 5.75 Å². The number of aromatic nitrogens is 2. The molecule has 3 fully saturated rings. The topological polar surface area (TPSA) is 131 Å². The van der Waals surface area contributed by atoms with E-state index in [0.717, 1.165) is 45.1 Å². The first-order chi connectivity index (χ1) is 22.0. The largest absolute Gasteiger partial charge is 0.486 e. The molecule has 0 bridgehead atoms. The van der Waals surface area contributed by atoms with Gasteiger partial charge in [0.25, 0.3) is 0 Å². The van der Waals surface area contributed by atoms with Gasteiger partial charge in [0.2, 0.25) is 5.91 Å². The monoisotopic (exact) mass is 610 g/mol. The van der Waals surface area contributed by atoms with Gasteiger partial charge in [0.1, 0.15) is 23.7 Å². The van der Waals surface area contributed by atoms with Crippen molar-refractivity contribution in [3.8, 4) is 29.3 Å². The minimum atomic E-state index is -1.41. The van der Waals surface area contributed by atoms with Crippen molar-refractivity contribution in [2.24, 2.45) is 0 Å². The summed E-state index contributed by atoms with van der Waals surface area (Å²) in [6.45, 7) is 6.00. The molecule has 0 aliphatic carbocycles. The first-order valence-electron chi connectivity index (χ1n) is 15.3. The Kier molecular flexibility index (Phi) is 9.34. The molecule has 0 unspecified atom stereocenters. The van der Waals surface area contributed by atoms with Crippen LogP contribution in [0.1, 0.15) is 24.8 Å². The lowest BCUT2D eigenvalue weighted by molar-refractivity contribution is -0.135. The van der Waals surface area contributed by atoms with Crippen molar-refractivity contribution in [2.75, 3.05) is 62.7 Å². The third-order valence-corrected chi connectivity index (χ3v) is 8.53. The number of amides is 1. The number of nitrogens with one attached hydrogen (secondary N) is 1. The normalized spacial score (nSPS) is 20.5. The molecule has 4 heterocycles. The summed E-state index contributed by atoms with van der Waals surface area (Å²) in [4.78, 5) is 27.6. The molecule has 3 aromatic rings. The summed E-state index contributed by atoms with van der Waals surface area (Å²) in [7, 11) is 0. The summed E-state index contributed by atoms with van der Waals surface area (Å²) in [5.74, 6) is 1.07. The fraction of sp³-hybridized carbons (Fsp3) is 0.424. The third-order valence-electron chi connectivity index (χ3n) is 8.53. The Hall–Kier alpha value is -4.78. The Morgan fingerprint density at radius 3 is 2.56 bits per heavy atom. The fourth-order valence-electron chi connectivity index (χ4n) is 5.84. The fourth-order valence-corrected chi connectivity index (χ4v) is 5.84. The predicted molar refractivity (Wildman–Crippen MR) is 166 cm³/mol. The number of piperidine rings is 1. The summed E-state index contributed by atoms with van der Waals surface area (Å²) in [6, 6.07) is 19.7. The maximum absolute atomic E-state index is 14.9. The van der Waals surface area contributed by atoms with Crippen LogP contribution in [-0.4, -0.2) is 96.5 Å². The van der Waals surface area contributed by atoms with E-state index in [1.807, 2.05) is 18.2 Å². The van der Waals surface area contributed by atoms with Crippen LogP contribution < -0.4 is 15.0 Å². The lowest BCUT2D eigenvalue weighted by atomic mass is 10.0. The maximum Gasteiger partial charge on any atom is 0.223 e. The Labute approximate surface area is 261 Å². The number of hydrogen-bond acceptors (Lipinski definition) is 10. The molecule has 0 saturated carbocycles. The molecule has 1 amide bonds. The summed E-state index contributed by atoms with van der Waals surface area (Å²) >= 11 is 0. The van der Waals surface area contributed by atoms with Crippen molar-refractivity contribution in [3.63, 3.8) is 0 Å². The second-order valence-electron chi connectivity index (χ2n) is 11.4. The maximum atomic E-state index is 14.9. The molecular formula is C33H35FN8O3. The SMILES string of the molecule is N#CCCC(=O)N1CC[C@H](Oc2ccc(-c3nccc(Nc4ccc(N5CCN(C6COC6)CC5)cc4)n3)cc2C#N)[C@H](F)C1. The van der Waals surface area contributed by atoms with E-state index in [-0.39, 0.29) is 43.0 Å². The number of benzene rings is 2. The number of likely N-dealkylation sites (tertiary alicyclic amines) is 1. The van der Waals surface area contributed by atoms with Gasteiger partial charge < -0.3 is 24.6 Å². The smallest absolute Gasteiger partial charge is 0.223 e. The van der Waals surface area contributed by atoms with Crippen molar-refractivity contribution in [1.29, 1.82) is 10.5 Å². The van der Waals surface area contributed by atoms with Crippen molar-refractivity contribution in [1.82, 2.24) is 19.8 Å². The van der Waals surface area contributed by atoms with Gasteiger partial charge in [0.15, 0.2) is 12.0 Å². The Bertz CT molecular complexity index is 1580. The number of halogens is 1. The van der Waals surface area contributed by atoms with Crippen LogP contribution >= 0.6 is 0 Å². The van der Waals surface area contributed by atoms with Crippen LogP contribution in [0, 0.1) is 22.7 Å². The number of carbonyl (C=O) groups excluding carboxylic acids is 1. The van der Waals surface area contributed by atoms with Crippen molar-refractivity contribution >= 4 is 23.1 Å². The van der Waals surface area contributed by atoms with E-state index in [0.29, 0.717) is 29.8 Å². The Morgan fingerprint density at radius 2 is 1.87 bits per heavy atom. The lowest BCUT2D eigenvalue weighted by Gasteiger charge is -2.43. The molecule has 2 atom stereocenters. The van der Waals surface area contributed by atoms with E-state index in [1.54, 1.807) is 30.5 Å². The molecule has 1 N–H and O–H groups in total. The molecule has 2 aromatic carbocycles. The average molecular weight is 611 g/mol.